The van der Waals surface area contributed by atoms with Gasteiger partial charge in [-0.05, 0) is 26.7 Å². The smallest absolute Gasteiger partial charge is 0.325 e. The van der Waals surface area contributed by atoms with E-state index in [0.29, 0.717) is 13.0 Å². The summed E-state index contributed by atoms with van der Waals surface area (Å²) >= 11 is 1.72. The summed E-state index contributed by atoms with van der Waals surface area (Å²) in [5.74, 6) is 0.663. The van der Waals surface area contributed by atoms with Gasteiger partial charge in [-0.1, -0.05) is 18.2 Å². The zero-order chi connectivity index (χ0) is 14.3. The quantitative estimate of drug-likeness (QED) is 0.449. The van der Waals surface area contributed by atoms with E-state index in [0.717, 1.165) is 23.8 Å². The van der Waals surface area contributed by atoms with Gasteiger partial charge in [0.1, 0.15) is 5.54 Å². The van der Waals surface area contributed by atoms with E-state index >= 15 is 0 Å². The number of rotatable bonds is 8. The van der Waals surface area contributed by atoms with Gasteiger partial charge in [-0.15, -0.1) is 0 Å². The van der Waals surface area contributed by atoms with Gasteiger partial charge >= 0.3 is 5.97 Å². The summed E-state index contributed by atoms with van der Waals surface area (Å²) in [5, 5.41) is 1.01. The van der Waals surface area contributed by atoms with Crippen molar-refractivity contribution in [2.24, 2.45) is 12.8 Å². The summed E-state index contributed by atoms with van der Waals surface area (Å²) in [5.41, 5.74) is 5.08. The molecule has 0 saturated carbocycles. The lowest BCUT2D eigenvalue weighted by atomic mass is 9.96. The Morgan fingerprint density at radius 2 is 2.32 bits per heavy atom. The molecule has 1 aromatic rings. The van der Waals surface area contributed by atoms with Crippen molar-refractivity contribution in [1.82, 2.24) is 9.55 Å². The Morgan fingerprint density at radius 1 is 1.58 bits per heavy atom. The van der Waals surface area contributed by atoms with Gasteiger partial charge in [-0.2, -0.15) is 0 Å². The minimum Gasteiger partial charge on any atom is -0.465 e. The number of carbonyl (C=O) groups is 1. The first-order chi connectivity index (χ1) is 8.97. The third-order valence-corrected chi connectivity index (χ3v) is 3.98. The molecule has 0 spiro atoms. The zero-order valence-corrected chi connectivity index (χ0v) is 12.7. The molecule has 1 heterocycles. The van der Waals surface area contributed by atoms with Crippen molar-refractivity contribution >= 4 is 17.7 Å². The molecule has 6 heteroatoms. The fourth-order valence-corrected chi connectivity index (χ4v) is 2.58. The van der Waals surface area contributed by atoms with Crippen molar-refractivity contribution in [2.75, 3.05) is 12.4 Å². The molecule has 5 nitrogen and oxygen atoms in total. The molecule has 108 valence electrons. The van der Waals surface area contributed by atoms with Gasteiger partial charge in [-0.3, -0.25) is 4.79 Å². The lowest BCUT2D eigenvalue weighted by Gasteiger charge is -2.21. The predicted molar refractivity (Wildman–Crippen MR) is 77.0 cm³/mol. The monoisotopic (exact) mass is 285 g/mol. The first-order valence-corrected chi connectivity index (χ1v) is 7.52. The topological polar surface area (TPSA) is 70.1 Å². The van der Waals surface area contributed by atoms with Crippen LogP contribution in [0.15, 0.2) is 17.6 Å². The average Bonchev–Trinajstić information content (AvgIpc) is 2.75. The molecule has 0 bridgehead atoms. The van der Waals surface area contributed by atoms with Crippen LogP contribution in [-0.2, 0) is 16.6 Å². The second-order valence-corrected chi connectivity index (χ2v) is 5.83. The molecular weight excluding hydrogens is 262 g/mol. The van der Waals surface area contributed by atoms with Crippen molar-refractivity contribution in [3.8, 4) is 0 Å². The minimum absolute atomic E-state index is 0.313. The summed E-state index contributed by atoms with van der Waals surface area (Å²) < 4.78 is 6.95. The van der Waals surface area contributed by atoms with E-state index < -0.39 is 5.54 Å². The number of thioether (sulfide) groups is 1. The molecule has 0 radical (unpaired) electrons. The number of imidazole rings is 1. The number of nitrogens with zero attached hydrogens (tertiary/aromatic N) is 2. The van der Waals surface area contributed by atoms with Gasteiger partial charge in [0.25, 0.3) is 0 Å². The Balaban J connectivity index is 2.20. The van der Waals surface area contributed by atoms with Crippen molar-refractivity contribution in [2.45, 2.75) is 43.8 Å². The van der Waals surface area contributed by atoms with Crippen molar-refractivity contribution < 1.29 is 9.53 Å². The van der Waals surface area contributed by atoms with E-state index in [2.05, 4.69) is 4.98 Å². The fourth-order valence-electron chi connectivity index (χ4n) is 1.65. The van der Waals surface area contributed by atoms with Gasteiger partial charge in [0.15, 0.2) is 5.16 Å². The summed E-state index contributed by atoms with van der Waals surface area (Å²) in [4.78, 5) is 15.8. The van der Waals surface area contributed by atoms with Crippen LogP contribution in [0.4, 0.5) is 0 Å². The van der Waals surface area contributed by atoms with E-state index in [1.165, 1.54) is 0 Å². The first kappa shape index (κ1) is 16.0. The molecular formula is C13H23N3O2S. The van der Waals surface area contributed by atoms with Crippen LogP contribution in [0.1, 0.15) is 33.1 Å². The molecule has 0 aliphatic heterocycles. The number of unbranched alkanes of at least 4 members (excludes halogenated alkanes) is 1. The van der Waals surface area contributed by atoms with E-state index in [-0.39, 0.29) is 5.97 Å². The molecule has 1 atom stereocenters. The molecule has 19 heavy (non-hydrogen) atoms. The highest BCUT2D eigenvalue weighted by Gasteiger charge is 2.28. The minimum atomic E-state index is -0.871. The molecule has 0 fully saturated rings. The number of hydrogen-bond acceptors (Lipinski definition) is 5. The van der Waals surface area contributed by atoms with Gasteiger partial charge < -0.3 is 15.0 Å². The van der Waals surface area contributed by atoms with Crippen LogP contribution in [0.25, 0.3) is 0 Å². The summed E-state index contributed by atoms with van der Waals surface area (Å²) in [6.45, 7) is 3.90. The third-order valence-electron chi connectivity index (χ3n) is 2.84. The van der Waals surface area contributed by atoms with Gasteiger partial charge in [0.2, 0.25) is 0 Å². The molecule has 1 rings (SSSR count). The number of aromatic nitrogens is 2. The Bertz CT molecular complexity index is 404. The molecule has 0 amide bonds. The summed E-state index contributed by atoms with van der Waals surface area (Å²) in [6.07, 6.45) is 6.28. The van der Waals surface area contributed by atoms with Crippen LogP contribution in [0.5, 0.6) is 0 Å². The SMILES string of the molecule is CCOC(=O)C(C)(N)CCCCSc1nccn1C. The van der Waals surface area contributed by atoms with Crippen LogP contribution < -0.4 is 5.73 Å². The molecule has 0 saturated heterocycles. The predicted octanol–water partition coefficient (Wildman–Crippen LogP) is 1.96. The highest BCUT2D eigenvalue weighted by molar-refractivity contribution is 7.99. The molecule has 0 aliphatic rings. The normalized spacial score (nSPS) is 14.1. The van der Waals surface area contributed by atoms with E-state index in [1.54, 1.807) is 31.8 Å². The standard InChI is InChI=1S/C13H23N3O2S/c1-4-18-11(17)13(2,14)7-5-6-10-19-12-15-8-9-16(12)3/h8-9H,4-7,10,14H2,1-3H3. The van der Waals surface area contributed by atoms with Crippen molar-refractivity contribution in [1.29, 1.82) is 0 Å². The second kappa shape index (κ2) is 7.55. The fraction of sp³-hybridized carbons (Fsp3) is 0.692. The maximum absolute atomic E-state index is 11.6. The Hall–Kier alpha value is -1.01. The molecule has 0 aliphatic carbocycles. The van der Waals surface area contributed by atoms with Crippen molar-refractivity contribution in [3.05, 3.63) is 12.4 Å². The number of carbonyl (C=O) groups excluding carboxylic acids is 1. The highest BCUT2D eigenvalue weighted by Crippen LogP contribution is 2.19. The largest absolute Gasteiger partial charge is 0.465 e. The van der Waals surface area contributed by atoms with Gasteiger partial charge in [0, 0.05) is 25.2 Å². The Morgan fingerprint density at radius 3 is 2.89 bits per heavy atom. The van der Waals surface area contributed by atoms with Gasteiger partial charge in [-0.25, -0.2) is 4.98 Å². The van der Waals surface area contributed by atoms with E-state index in [9.17, 15) is 4.79 Å². The third kappa shape index (κ3) is 5.24. The summed E-state index contributed by atoms with van der Waals surface area (Å²) in [7, 11) is 1.98. The van der Waals surface area contributed by atoms with Crippen LogP contribution >= 0.6 is 11.8 Å². The van der Waals surface area contributed by atoms with Crippen LogP contribution in [0, 0.1) is 0 Å². The lowest BCUT2D eigenvalue weighted by Crippen LogP contribution is -2.46. The van der Waals surface area contributed by atoms with Crippen LogP contribution in [0.2, 0.25) is 0 Å². The molecule has 0 aromatic carbocycles. The highest BCUT2D eigenvalue weighted by atomic mass is 32.2. The van der Waals surface area contributed by atoms with E-state index in [4.69, 9.17) is 10.5 Å². The van der Waals surface area contributed by atoms with E-state index in [1.807, 2.05) is 17.8 Å². The summed E-state index contributed by atoms with van der Waals surface area (Å²) in [6, 6.07) is 0. The number of aryl methyl sites for hydroxylation is 1. The number of esters is 1. The number of ether oxygens (including phenoxy) is 1. The van der Waals surface area contributed by atoms with Crippen LogP contribution in [-0.4, -0.2) is 33.4 Å². The first-order valence-electron chi connectivity index (χ1n) is 6.53. The zero-order valence-electron chi connectivity index (χ0n) is 11.9. The van der Waals surface area contributed by atoms with Crippen LogP contribution in [0.3, 0.4) is 0 Å². The second-order valence-electron chi connectivity index (χ2n) is 4.76. The van der Waals surface area contributed by atoms with Gasteiger partial charge in [0.05, 0.1) is 6.61 Å². The number of hydrogen-bond donors (Lipinski definition) is 1. The molecule has 1 aromatic heterocycles. The molecule has 1 unspecified atom stereocenters. The average molecular weight is 285 g/mol. The molecule has 2 N–H and O–H groups in total. The lowest BCUT2D eigenvalue weighted by molar-refractivity contribution is -0.149. The maximum Gasteiger partial charge on any atom is 0.325 e. The Kier molecular flexibility index (Phi) is 6.37. The number of nitrogens with two attached hydrogens (primary N) is 1. The van der Waals surface area contributed by atoms with Crippen molar-refractivity contribution in [3.63, 3.8) is 0 Å². The Labute approximate surface area is 118 Å². The maximum atomic E-state index is 11.6.